The summed E-state index contributed by atoms with van der Waals surface area (Å²) in [4.78, 5) is 0. The van der Waals surface area contributed by atoms with E-state index in [1.165, 1.54) is 0 Å². The lowest BCUT2D eigenvalue weighted by Gasteiger charge is -2.10. The van der Waals surface area contributed by atoms with Gasteiger partial charge in [0.1, 0.15) is 11.5 Å². The van der Waals surface area contributed by atoms with Crippen molar-refractivity contribution in [2.75, 3.05) is 20.8 Å². The van der Waals surface area contributed by atoms with Gasteiger partial charge in [-0.1, -0.05) is 0 Å². The van der Waals surface area contributed by atoms with Gasteiger partial charge in [0.05, 0.1) is 18.7 Å². The molecule has 0 amide bonds. The third-order valence-corrected chi connectivity index (χ3v) is 2.82. The molecular weight excluding hydrogens is 248 g/mol. The lowest BCUT2D eigenvalue weighted by atomic mass is 10.1. The van der Waals surface area contributed by atoms with E-state index in [9.17, 15) is 0 Å². The van der Waals surface area contributed by atoms with Crippen LogP contribution in [0.2, 0.25) is 0 Å². The van der Waals surface area contributed by atoms with E-state index in [4.69, 9.17) is 14.6 Å². The Morgan fingerprint density at radius 2 is 2.00 bits per heavy atom. The Balaban J connectivity index is 3.12. The molecule has 0 fully saturated rings. The molecule has 14 heavy (non-hydrogen) atoms. The van der Waals surface area contributed by atoms with Crippen LogP contribution in [0.5, 0.6) is 11.5 Å². The predicted molar refractivity (Wildman–Crippen MR) is 58.0 cm³/mol. The fourth-order valence-corrected chi connectivity index (χ4v) is 1.79. The summed E-state index contributed by atoms with van der Waals surface area (Å²) < 4.78 is 11.2. The fraction of sp³-hybridized carbons (Fsp3) is 0.400. The highest BCUT2D eigenvalue weighted by Crippen LogP contribution is 2.33. The second-order valence-electron chi connectivity index (χ2n) is 2.78. The first-order chi connectivity index (χ1) is 6.72. The third kappa shape index (κ3) is 2.39. The number of hydrogen-bond acceptors (Lipinski definition) is 3. The number of rotatable bonds is 4. The van der Waals surface area contributed by atoms with Crippen molar-refractivity contribution in [1.29, 1.82) is 0 Å². The maximum atomic E-state index is 8.87. The monoisotopic (exact) mass is 260 g/mol. The Bertz CT molecular complexity index is 312. The summed E-state index contributed by atoms with van der Waals surface area (Å²) in [7, 11) is 3.20. The molecule has 0 aromatic heterocycles. The molecule has 0 aliphatic carbocycles. The number of methoxy groups -OCH3 is 2. The smallest absolute Gasteiger partial charge is 0.137 e. The summed E-state index contributed by atoms with van der Waals surface area (Å²) in [5.41, 5.74) is 0.976. The molecule has 0 aliphatic heterocycles. The SMILES string of the molecule is COc1cc(CCO)c(Br)c(OC)c1. The molecular formula is C10H13BrO3. The molecule has 0 saturated heterocycles. The maximum absolute atomic E-state index is 8.87. The summed E-state index contributed by atoms with van der Waals surface area (Å²) in [5, 5.41) is 8.87. The van der Waals surface area contributed by atoms with Crippen molar-refractivity contribution in [1.82, 2.24) is 0 Å². The maximum Gasteiger partial charge on any atom is 0.137 e. The van der Waals surface area contributed by atoms with Gasteiger partial charge in [0.2, 0.25) is 0 Å². The van der Waals surface area contributed by atoms with Gasteiger partial charge in [-0.25, -0.2) is 0 Å². The van der Waals surface area contributed by atoms with Crippen LogP contribution in [0, 0.1) is 0 Å². The van der Waals surface area contributed by atoms with Crippen LogP contribution in [-0.4, -0.2) is 25.9 Å². The van der Waals surface area contributed by atoms with E-state index in [2.05, 4.69) is 15.9 Å². The average molecular weight is 261 g/mol. The molecule has 1 rings (SSSR count). The molecule has 1 aromatic rings. The molecule has 1 aromatic carbocycles. The molecule has 0 bridgehead atoms. The van der Waals surface area contributed by atoms with Crippen molar-refractivity contribution in [3.8, 4) is 11.5 Å². The predicted octanol–water partition coefficient (Wildman–Crippen LogP) is 2.00. The zero-order valence-corrected chi connectivity index (χ0v) is 9.80. The first-order valence-electron chi connectivity index (χ1n) is 4.24. The highest BCUT2D eigenvalue weighted by molar-refractivity contribution is 9.10. The van der Waals surface area contributed by atoms with Gasteiger partial charge < -0.3 is 14.6 Å². The van der Waals surface area contributed by atoms with Crippen LogP contribution < -0.4 is 9.47 Å². The number of ether oxygens (including phenoxy) is 2. The molecule has 3 nitrogen and oxygen atoms in total. The second-order valence-corrected chi connectivity index (χ2v) is 3.57. The van der Waals surface area contributed by atoms with Crippen molar-refractivity contribution >= 4 is 15.9 Å². The number of aliphatic hydroxyl groups is 1. The Kier molecular flexibility index (Phi) is 4.22. The van der Waals surface area contributed by atoms with Gasteiger partial charge in [0.25, 0.3) is 0 Å². The first-order valence-corrected chi connectivity index (χ1v) is 5.03. The van der Waals surface area contributed by atoms with Crippen molar-refractivity contribution in [3.63, 3.8) is 0 Å². The van der Waals surface area contributed by atoms with Crippen LogP contribution in [0.4, 0.5) is 0 Å². The van der Waals surface area contributed by atoms with Gasteiger partial charge in [-0.2, -0.15) is 0 Å². The normalized spacial score (nSPS) is 10.0. The van der Waals surface area contributed by atoms with Crippen LogP contribution in [0.1, 0.15) is 5.56 Å². The van der Waals surface area contributed by atoms with E-state index >= 15 is 0 Å². The molecule has 78 valence electrons. The molecule has 0 saturated carbocycles. The highest BCUT2D eigenvalue weighted by Gasteiger charge is 2.08. The van der Waals surface area contributed by atoms with Crippen LogP contribution in [0.3, 0.4) is 0 Å². The summed E-state index contributed by atoms with van der Waals surface area (Å²) >= 11 is 3.41. The summed E-state index contributed by atoms with van der Waals surface area (Å²) in [6, 6.07) is 3.67. The van der Waals surface area contributed by atoms with Gasteiger partial charge in [-0.15, -0.1) is 0 Å². The van der Waals surface area contributed by atoms with Gasteiger partial charge in [0, 0.05) is 12.7 Å². The van der Waals surface area contributed by atoms with Crippen molar-refractivity contribution in [3.05, 3.63) is 22.2 Å². The highest BCUT2D eigenvalue weighted by atomic mass is 79.9. The zero-order chi connectivity index (χ0) is 10.6. The topological polar surface area (TPSA) is 38.7 Å². The average Bonchev–Trinajstić information content (AvgIpc) is 2.21. The van der Waals surface area contributed by atoms with E-state index < -0.39 is 0 Å². The van der Waals surface area contributed by atoms with Crippen LogP contribution in [-0.2, 0) is 6.42 Å². The number of halogens is 1. The van der Waals surface area contributed by atoms with Gasteiger partial charge >= 0.3 is 0 Å². The van der Waals surface area contributed by atoms with Crippen molar-refractivity contribution < 1.29 is 14.6 Å². The molecule has 0 heterocycles. The molecule has 0 atom stereocenters. The van der Waals surface area contributed by atoms with Crippen molar-refractivity contribution in [2.45, 2.75) is 6.42 Å². The van der Waals surface area contributed by atoms with Gasteiger partial charge in [-0.3, -0.25) is 0 Å². The molecule has 4 heteroatoms. The Morgan fingerprint density at radius 1 is 1.29 bits per heavy atom. The van der Waals surface area contributed by atoms with E-state index in [1.54, 1.807) is 20.3 Å². The van der Waals surface area contributed by atoms with Crippen LogP contribution in [0.25, 0.3) is 0 Å². The fourth-order valence-electron chi connectivity index (χ4n) is 1.20. The summed E-state index contributed by atoms with van der Waals surface area (Å²) in [6.45, 7) is 0.106. The Hall–Kier alpha value is -0.740. The van der Waals surface area contributed by atoms with E-state index in [0.29, 0.717) is 12.2 Å². The number of aliphatic hydroxyl groups excluding tert-OH is 1. The minimum atomic E-state index is 0.106. The molecule has 1 N–H and O–H groups in total. The molecule has 0 radical (unpaired) electrons. The molecule has 0 aliphatic rings. The molecule has 0 unspecified atom stereocenters. The van der Waals surface area contributed by atoms with E-state index in [1.807, 2.05) is 6.07 Å². The quantitative estimate of drug-likeness (QED) is 0.900. The van der Waals surface area contributed by atoms with Gasteiger partial charge in [-0.05, 0) is 34.0 Å². The molecule has 0 spiro atoms. The van der Waals surface area contributed by atoms with Gasteiger partial charge in [0.15, 0.2) is 0 Å². The lowest BCUT2D eigenvalue weighted by molar-refractivity contribution is 0.298. The van der Waals surface area contributed by atoms with E-state index in [0.717, 1.165) is 15.8 Å². The lowest BCUT2D eigenvalue weighted by Crippen LogP contribution is -1.96. The second kappa shape index (κ2) is 5.22. The number of benzene rings is 1. The van der Waals surface area contributed by atoms with E-state index in [-0.39, 0.29) is 6.61 Å². The minimum Gasteiger partial charge on any atom is -0.497 e. The zero-order valence-electron chi connectivity index (χ0n) is 8.21. The summed E-state index contributed by atoms with van der Waals surface area (Å²) in [5.74, 6) is 1.45. The standard InChI is InChI=1S/C10H13BrO3/c1-13-8-5-7(3-4-12)10(11)9(6-8)14-2/h5-6,12H,3-4H2,1-2H3. The van der Waals surface area contributed by atoms with Crippen LogP contribution >= 0.6 is 15.9 Å². The first kappa shape index (κ1) is 11.3. The Labute approximate surface area is 91.8 Å². The van der Waals surface area contributed by atoms with Crippen molar-refractivity contribution in [2.24, 2.45) is 0 Å². The third-order valence-electron chi connectivity index (χ3n) is 1.92. The Morgan fingerprint density at radius 3 is 2.50 bits per heavy atom. The minimum absolute atomic E-state index is 0.106. The van der Waals surface area contributed by atoms with Crippen LogP contribution in [0.15, 0.2) is 16.6 Å². The number of hydrogen-bond donors (Lipinski definition) is 1. The largest absolute Gasteiger partial charge is 0.497 e. The summed E-state index contributed by atoms with van der Waals surface area (Å²) in [6.07, 6.45) is 0.578.